The molecule has 3 rings (SSSR count). The van der Waals surface area contributed by atoms with Crippen molar-refractivity contribution < 1.29 is 9.59 Å². The Morgan fingerprint density at radius 2 is 1.92 bits per heavy atom. The number of aryl methyl sites for hydroxylation is 1. The highest BCUT2D eigenvalue weighted by Crippen LogP contribution is 2.29. The molecular formula is C17H21N5O2S. The van der Waals surface area contributed by atoms with Crippen LogP contribution in [0.1, 0.15) is 39.1 Å². The van der Waals surface area contributed by atoms with E-state index in [0.29, 0.717) is 23.7 Å². The predicted molar refractivity (Wildman–Crippen MR) is 96.7 cm³/mol. The topological polar surface area (TPSA) is 101 Å². The molecular weight excluding hydrogens is 338 g/mol. The first-order valence-corrected chi connectivity index (χ1v) is 9.05. The van der Waals surface area contributed by atoms with Crippen LogP contribution < -0.4 is 11.1 Å². The minimum Gasteiger partial charge on any atom is -0.366 e. The number of anilines is 1. The first kappa shape index (κ1) is 17.5. The van der Waals surface area contributed by atoms with Crippen molar-refractivity contribution >= 4 is 28.8 Å². The first-order chi connectivity index (χ1) is 12.0. The summed E-state index contributed by atoms with van der Waals surface area (Å²) < 4.78 is 0. The number of primary amides is 1. The molecule has 0 spiro atoms. The molecule has 2 amide bonds. The largest absolute Gasteiger partial charge is 0.366 e. The highest BCUT2D eigenvalue weighted by Gasteiger charge is 2.24. The minimum absolute atomic E-state index is 0.0583. The van der Waals surface area contributed by atoms with Crippen LogP contribution in [0, 0.1) is 6.92 Å². The van der Waals surface area contributed by atoms with Gasteiger partial charge in [-0.25, -0.2) is 0 Å². The maximum atomic E-state index is 12.2. The Balaban J connectivity index is 1.46. The molecule has 7 nitrogen and oxygen atoms in total. The van der Waals surface area contributed by atoms with Crippen molar-refractivity contribution in [1.29, 1.82) is 0 Å². The second-order valence-electron chi connectivity index (χ2n) is 6.20. The normalized spacial score (nSPS) is 15.9. The van der Waals surface area contributed by atoms with Crippen molar-refractivity contribution in [1.82, 2.24) is 15.1 Å². The molecule has 0 atom stereocenters. The third kappa shape index (κ3) is 4.61. The summed E-state index contributed by atoms with van der Waals surface area (Å²) >= 11 is 1.66. The Bertz CT molecular complexity index is 751. The maximum Gasteiger partial charge on any atom is 0.248 e. The van der Waals surface area contributed by atoms with Crippen LogP contribution >= 0.6 is 11.3 Å². The molecule has 0 aliphatic carbocycles. The van der Waals surface area contributed by atoms with Crippen molar-refractivity contribution in [2.75, 3.05) is 25.0 Å². The van der Waals surface area contributed by atoms with E-state index in [9.17, 15) is 9.59 Å². The Kier molecular flexibility index (Phi) is 5.40. The van der Waals surface area contributed by atoms with Crippen LogP contribution in [0.5, 0.6) is 0 Å². The van der Waals surface area contributed by atoms with E-state index in [0.717, 1.165) is 35.9 Å². The van der Waals surface area contributed by atoms with Crippen molar-refractivity contribution in [3.05, 3.63) is 39.8 Å². The second-order valence-corrected chi connectivity index (χ2v) is 7.41. The van der Waals surface area contributed by atoms with Gasteiger partial charge < -0.3 is 11.1 Å². The molecule has 0 bridgehead atoms. The van der Waals surface area contributed by atoms with Crippen molar-refractivity contribution in [3.8, 4) is 0 Å². The molecule has 1 aliphatic rings. The lowest BCUT2D eigenvalue weighted by atomic mass is 9.98. The van der Waals surface area contributed by atoms with E-state index in [1.165, 1.54) is 0 Å². The third-order valence-electron chi connectivity index (χ3n) is 4.30. The zero-order valence-electron chi connectivity index (χ0n) is 14.1. The number of aromatic nitrogens is 2. The second kappa shape index (κ2) is 7.71. The zero-order valence-corrected chi connectivity index (χ0v) is 14.9. The molecule has 0 radical (unpaired) electrons. The molecule has 1 aliphatic heterocycles. The van der Waals surface area contributed by atoms with Crippen molar-refractivity contribution in [2.45, 2.75) is 25.7 Å². The van der Waals surface area contributed by atoms with Crippen LogP contribution in [0.4, 0.5) is 5.69 Å². The van der Waals surface area contributed by atoms with E-state index in [1.54, 1.807) is 35.6 Å². The highest BCUT2D eigenvalue weighted by atomic mass is 32.1. The summed E-state index contributed by atoms with van der Waals surface area (Å²) in [4.78, 5) is 25.4. The number of carbonyl (C=O) groups excluding carboxylic acids is 2. The number of carbonyl (C=O) groups is 2. The quantitative estimate of drug-likeness (QED) is 0.847. The fourth-order valence-electron chi connectivity index (χ4n) is 2.94. The lowest BCUT2D eigenvalue weighted by molar-refractivity contribution is -0.117. The van der Waals surface area contributed by atoms with Gasteiger partial charge in [0.05, 0.1) is 6.54 Å². The van der Waals surface area contributed by atoms with E-state index >= 15 is 0 Å². The van der Waals surface area contributed by atoms with Gasteiger partial charge in [-0.1, -0.05) is 0 Å². The van der Waals surface area contributed by atoms with Crippen LogP contribution in [0.15, 0.2) is 24.3 Å². The van der Waals surface area contributed by atoms with Gasteiger partial charge in [-0.3, -0.25) is 14.5 Å². The molecule has 132 valence electrons. The smallest absolute Gasteiger partial charge is 0.248 e. The number of rotatable bonds is 5. The molecule has 1 saturated heterocycles. The summed E-state index contributed by atoms with van der Waals surface area (Å²) in [5, 5.41) is 13.3. The Hall–Kier alpha value is -2.32. The molecule has 0 unspecified atom stereocenters. The van der Waals surface area contributed by atoms with Gasteiger partial charge in [-0.15, -0.1) is 21.5 Å². The average Bonchev–Trinajstić information content (AvgIpc) is 3.02. The lowest BCUT2D eigenvalue weighted by Gasteiger charge is -2.30. The monoisotopic (exact) mass is 359 g/mol. The van der Waals surface area contributed by atoms with Gasteiger partial charge in [0.15, 0.2) is 0 Å². The molecule has 0 saturated carbocycles. The summed E-state index contributed by atoms with van der Waals surface area (Å²) in [6.45, 7) is 4.07. The summed E-state index contributed by atoms with van der Waals surface area (Å²) in [7, 11) is 0. The number of amides is 2. The summed E-state index contributed by atoms with van der Waals surface area (Å²) in [6, 6.07) is 6.57. The number of nitrogens with two attached hydrogens (primary N) is 1. The van der Waals surface area contributed by atoms with Gasteiger partial charge in [-0.05, 0) is 57.1 Å². The van der Waals surface area contributed by atoms with E-state index in [1.807, 2.05) is 6.92 Å². The fourth-order valence-corrected chi connectivity index (χ4v) is 3.80. The SMILES string of the molecule is Cc1nnc(C2CCN(CC(=O)Nc3ccc(C(N)=O)cc3)CC2)s1. The number of hydrogen-bond acceptors (Lipinski definition) is 6. The van der Waals surface area contributed by atoms with Crippen LogP contribution in [0.25, 0.3) is 0 Å². The van der Waals surface area contributed by atoms with Crippen LogP contribution in [-0.4, -0.2) is 46.5 Å². The van der Waals surface area contributed by atoms with E-state index < -0.39 is 5.91 Å². The molecule has 3 N–H and O–H groups in total. The number of piperidine rings is 1. The minimum atomic E-state index is -0.480. The zero-order chi connectivity index (χ0) is 17.8. The van der Waals surface area contributed by atoms with E-state index in [2.05, 4.69) is 20.4 Å². The van der Waals surface area contributed by atoms with Crippen molar-refractivity contribution in [3.63, 3.8) is 0 Å². The van der Waals surface area contributed by atoms with E-state index in [4.69, 9.17) is 5.73 Å². The van der Waals surface area contributed by atoms with Crippen molar-refractivity contribution in [2.24, 2.45) is 5.73 Å². The standard InChI is InChI=1S/C17H21N5O2S/c1-11-20-21-17(25-11)13-6-8-22(9-7-13)10-15(23)19-14-4-2-12(3-5-14)16(18)24/h2-5,13H,6-10H2,1H3,(H2,18,24)(H,19,23). The van der Waals surface area contributed by atoms with E-state index in [-0.39, 0.29) is 5.91 Å². The first-order valence-electron chi connectivity index (χ1n) is 8.23. The van der Waals surface area contributed by atoms with Gasteiger partial charge >= 0.3 is 0 Å². The number of benzene rings is 1. The number of nitrogens with zero attached hydrogens (tertiary/aromatic N) is 3. The Labute approximate surface area is 150 Å². The summed E-state index contributed by atoms with van der Waals surface area (Å²) in [5.74, 6) is -0.0877. The fraction of sp³-hybridized carbons (Fsp3) is 0.412. The Morgan fingerprint density at radius 3 is 2.48 bits per heavy atom. The van der Waals surface area contributed by atoms with Gasteiger partial charge in [0.25, 0.3) is 0 Å². The summed E-state index contributed by atoms with van der Waals surface area (Å²) in [6.07, 6.45) is 1.99. The van der Waals surface area contributed by atoms with Crippen LogP contribution in [-0.2, 0) is 4.79 Å². The van der Waals surface area contributed by atoms with Gasteiger partial charge in [0, 0.05) is 17.2 Å². The molecule has 25 heavy (non-hydrogen) atoms. The maximum absolute atomic E-state index is 12.2. The molecule has 8 heteroatoms. The lowest BCUT2D eigenvalue weighted by Crippen LogP contribution is -2.38. The summed E-state index contributed by atoms with van der Waals surface area (Å²) in [5.41, 5.74) is 6.29. The molecule has 2 aromatic rings. The molecule has 1 aromatic heterocycles. The number of likely N-dealkylation sites (tertiary alicyclic amines) is 1. The highest BCUT2D eigenvalue weighted by molar-refractivity contribution is 7.11. The van der Waals surface area contributed by atoms with Crippen LogP contribution in [0.3, 0.4) is 0 Å². The molecule has 1 fully saturated rings. The van der Waals surface area contributed by atoms with Gasteiger partial charge in [0.1, 0.15) is 10.0 Å². The number of nitrogens with one attached hydrogen (secondary N) is 1. The number of hydrogen-bond donors (Lipinski definition) is 2. The predicted octanol–water partition coefficient (Wildman–Crippen LogP) is 1.76. The molecule has 2 heterocycles. The average molecular weight is 359 g/mol. The van der Waals surface area contributed by atoms with Gasteiger partial charge in [0.2, 0.25) is 11.8 Å². The molecule has 1 aromatic carbocycles. The third-order valence-corrected chi connectivity index (χ3v) is 5.30. The Morgan fingerprint density at radius 1 is 1.24 bits per heavy atom. The van der Waals surface area contributed by atoms with Crippen LogP contribution in [0.2, 0.25) is 0 Å². The van der Waals surface area contributed by atoms with Gasteiger partial charge in [-0.2, -0.15) is 0 Å².